The third-order valence-electron chi connectivity index (χ3n) is 3.23. The van der Waals surface area contributed by atoms with Crippen LogP contribution in [0.25, 0.3) is 0 Å². The van der Waals surface area contributed by atoms with Crippen LogP contribution in [0.5, 0.6) is 5.75 Å². The Hall–Kier alpha value is -2.37. The third-order valence-corrected chi connectivity index (χ3v) is 3.23. The van der Waals surface area contributed by atoms with E-state index < -0.39 is 18.1 Å². The number of hydrogen-bond donors (Lipinski definition) is 2. The van der Waals surface area contributed by atoms with Crippen LogP contribution in [0.1, 0.15) is 25.3 Å². The molecular weight excluding hydrogens is 272 g/mol. The van der Waals surface area contributed by atoms with Crippen LogP contribution in [-0.4, -0.2) is 29.9 Å². The summed E-state index contributed by atoms with van der Waals surface area (Å²) in [6, 6.07) is 6.69. The lowest BCUT2D eigenvalue weighted by Crippen LogP contribution is -2.54. The van der Waals surface area contributed by atoms with Gasteiger partial charge in [-0.3, -0.25) is 19.7 Å². The van der Waals surface area contributed by atoms with Gasteiger partial charge in [-0.2, -0.15) is 0 Å². The van der Waals surface area contributed by atoms with Crippen LogP contribution in [0.3, 0.4) is 0 Å². The van der Waals surface area contributed by atoms with Gasteiger partial charge in [0.15, 0.2) is 6.10 Å². The first-order valence-corrected chi connectivity index (χ1v) is 6.83. The van der Waals surface area contributed by atoms with Crippen LogP contribution in [0.4, 0.5) is 0 Å². The number of benzene rings is 1. The highest BCUT2D eigenvalue weighted by Gasteiger charge is 2.29. The number of amides is 3. The van der Waals surface area contributed by atoms with Crippen LogP contribution < -0.4 is 15.4 Å². The summed E-state index contributed by atoms with van der Waals surface area (Å²) in [6.07, 6.45) is -0.186. The maximum absolute atomic E-state index is 12.0. The molecule has 1 aromatic carbocycles. The van der Waals surface area contributed by atoms with Crippen LogP contribution in [0, 0.1) is 6.92 Å². The first kappa shape index (κ1) is 15.0. The van der Waals surface area contributed by atoms with Gasteiger partial charge < -0.3 is 10.1 Å². The number of piperidine rings is 1. The Labute approximate surface area is 122 Å². The number of ether oxygens (including phenoxy) is 1. The van der Waals surface area contributed by atoms with E-state index in [0.29, 0.717) is 12.2 Å². The zero-order valence-corrected chi connectivity index (χ0v) is 12.0. The van der Waals surface area contributed by atoms with Crippen molar-refractivity contribution in [2.45, 2.75) is 38.8 Å². The Morgan fingerprint density at radius 3 is 2.86 bits per heavy atom. The molecule has 1 aromatic rings. The lowest BCUT2D eigenvalue weighted by atomic mass is 10.1. The second kappa shape index (κ2) is 6.39. The number of aryl methyl sites for hydroxylation is 1. The lowest BCUT2D eigenvalue weighted by molar-refractivity contribution is -0.138. The maximum atomic E-state index is 12.0. The monoisotopic (exact) mass is 290 g/mol. The van der Waals surface area contributed by atoms with E-state index in [1.165, 1.54) is 0 Å². The Kier molecular flexibility index (Phi) is 4.57. The molecule has 0 aromatic heterocycles. The molecule has 0 spiro atoms. The summed E-state index contributed by atoms with van der Waals surface area (Å²) in [6.45, 7) is 3.55. The molecule has 2 unspecified atom stereocenters. The molecule has 6 nitrogen and oxygen atoms in total. The first-order chi connectivity index (χ1) is 9.95. The van der Waals surface area contributed by atoms with Gasteiger partial charge in [0.25, 0.3) is 5.91 Å². The normalized spacial score (nSPS) is 19.6. The molecule has 21 heavy (non-hydrogen) atoms. The van der Waals surface area contributed by atoms with Gasteiger partial charge in [0.1, 0.15) is 11.8 Å². The molecule has 3 amide bonds. The summed E-state index contributed by atoms with van der Waals surface area (Å²) in [5.74, 6) is -0.566. The largest absolute Gasteiger partial charge is 0.481 e. The highest BCUT2D eigenvalue weighted by atomic mass is 16.5. The summed E-state index contributed by atoms with van der Waals surface area (Å²) >= 11 is 0. The fraction of sp³-hybridized carbons (Fsp3) is 0.400. The lowest BCUT2D eigenvalue weighted by Gasteiger charge is -2.23. The van der Waals surface area contributed by atoms with Crippen LogP contribution in [0.15, 0.2) is 24.3 Å². The van der Waals surface area contributed by atoms with Crippen molar-refractivity contribution in [3.05, 3.63) is 29.8 Å². The molecule has 0 saturated carbocycles. The molecule has 2 atom stereocenters. The molecule has 0 radical (unpaired) electrons. The molecular formula is C15H18N2O4. The summed E-state index contributed by atoms with van der Waals surface area (Å²) in [4.78, 5) is 34.6. The predicted octanol–water partition coefficient (Wildman–Crippen LogP) is 0.684. The molecule has 2 N–H and O–H groups in total. The molecule has 6 heteroatoms. The quantitative estimate of drug-likeness (QED) is 0.799. The number of carbonyl (C=O) groups excluding carboxylic acids is 3. The van der Waals surface area contributed by atoms with Gasteiger partial charge in [0, 0.05) is 6.42 Å². The van der Waals surface area contributed by atoms with E-state index in [-0.39, 0.29) is 18.2 Å². The van der Waals surface area contributed by atoms with Crippen LogP contribution >= 0.6 is 0 Å². The molecule has 1 aliphatic rings. The van der Waals surface area contributed by atoms with Crippen molar-refractivity contribution >= 4 is 17.7 Å². The molecule has 1 heterocycles. The minimum atomic E-state index is -0.725. The molecule has 1 aliphatic heterocycles. The van der Waals surface area contributed by atoms with Crippen LogP contribution in [0.2, 0.25) is 0 Å². The van der Waals surface area contributed by atoms with Crippen molar-refractivity contribution in [2.24, 2.45) is 0 Å². The maximum Gasteiger partial charge on any atom is 0.261 e. The SMILES string of the molecule is Cc1cccc(OC(C)C(=O)NC2CCC(=O)NC2=O)c1. The number of rotatable bonds is 4. The Bertz CT molecular complexity index is 571. The van der Waals surface area contributed by atoms with Crippen molar-refractivity contribution in [1.82, 2.24) is 10.6 Å². The van der Waals surface area contributed by atoms with Crippen molar-refractivity contribution in [1.29, 1.82) is 0 Å². The molecule has 0 bridgehead atoms. The van der Waals surface area contributed by atoms with Crippen molar-refractivity contribution < 1.29 is 19.1 Å². The summed E-state index contributed by atoms with van der Waals surface area (Å²) in [5, 5.41) is 4.79. The van der Waals surface area contributed by atoms with Gasteiger partial charge in [-0.25, -0.2) is 0 Å². The topological polar surface area (TPSA) is 84.5 Å². The van der Waals surface area contributed by atoms with Gasteiger partial charge >= 0.3 is 0 Å². The smallest absolute Gasteiger partial charge is 0.261 e. The first-order valence-electron chi connectivity index (χ1n) is 6.83. The van der Waals surface area contributed by atoms with Gasteiger partial charge in [0.05, 0.1) is 0 Å². The average molecular weight is 290 g/mol. The standard InChI is InChI=1S/C15H18N2O4/c1-9-4-3-5-11(8-9)21-10(2)14(19)16-12-6-7-13(18)17-15(12)20/h3-5,8,10,12H,6-7H2,1-2H3,(H,16,19)(H,17,18,20). The molecule has 0 aliphatic carbocycles. The van der Waals surface area contributed by atoms with Crippen LogP contribution in [-0.2, 0) is 14.4 Å². The van der Waals surface area contributed by atoms with Gasteiger partial charge in [-0.15, -0.1) is 0 Å². The number of imide groups is 1. The Morgan fingerprint density at radius 2 is 2.19 bits per heavy atom. The van der Waals surface area contributed by atoms with E-state index in [1.807, 2.05) is 25.1 Å². The zero-order valence-electron chi connectivity index (χ0n) is 12.0. The van der Waals surface area contributed by atoms with E-state index in [4.69, 9.17) is 4.74 Å². The fourth-order valence-electron chi connectivity index (χ4n) is 2.07. The second-order valence-corrected chi connectivity index (χ2v) is 5.09. The van der Waals surface area contributed by atoms with Gasteiger partial charge in [0.2, 0.25) is 11.8 Å². The highest BCUT2D eigenvalue weighted by Crippen LogP contribution is 2.14. The zero-order chi connectivity index (χ0) is 15.4. The Balaban J connectivity index is 1.90. The predicted molar refractivity (Wildman–Crippen MR) is 75.6 cm³/mol. The third kappa shape index (κ3) is 4.05. The summed E-state index contributed by atoms with van der Waals surface area (Å²) < 4.78 is 5.54. The van der Waals surface area contributed by atoms with Crippen molar-refractivity contribution in [2.75, 3.05) is 0 Å². The minimum absolute atomic E-state index is 0.226. The van der Waals surface area contributed by atoms with Crippen molar-refractivity contribution in [3.8, 4) is 5.75 Å². The van der Waals surface area contributed by atoms with Gasteiger partial charge in [-0.05, 0) is 38.0 Å². The number of nitrogens with one attached hydrogen (secondary N) is 2. The second-order valence-electron chi connectivity index (χ2n) is 5.09. The summed E-state index contributed by atoms with van der Waals surface area (Å²) in [7, 11) is 0. The summed E-state index contributed by atoms with van der Waals surface area (Å²) in [5.41, 5.74) is 1.03. The highest BCUT2D eigenvalue weighted by molar-refractivity contribution is 6.01. The average Bonchev–Trinajstić information content (AvgIpc) is 2.41. The van der Waals surface area contributed by atoms with E-state index in [9.17, 15) is 14.4 Å². The molecule has 1 fully saturated rings. The molecule has 112 valence electrons. The van der Waals surface area contributed by atoms with E-state index in [2.05, 4.69) is 10.6 Å². The van der Waals surface area contributed by atoms with Gasteiger partial charge in [-0.1, -0.05) is 12.1 Å². The number of hydrogen-bond acceptors (Lipinski definition) is 4. The molecule has 2 rings (SSSR count). The Morgan fingerprint density at radius 1 is 1.43 bits per heavy atom. The fourth-order valence-corrected chi connectivity index (χ4v) is 2.07. The van der Waals surface area contributed by atoms with E-state index >= 15 is 0 Å². The molecule has 1 saturated heterocycles. The van der Waals surface area contributed by atoms with E-state index in [0.717, 1.165) is 5.56 Å². The van der Waals surface area contributed by atoms with E-state index in [1.54, 1.807) is 13.0 Å². The van der Waals surface area contributed by atoms with Crippen molar-refractivity contribution in [3.63, 3.8) is 0 Å². The number of carbonyl (C=O) groups is 3. The minimum Gasteiger partial charge on any atom is -0.481 e.